The lowest BCUT2D eigenvalue weighted by molar-refractivity contribution is -0.127. The minimum absolute atomic E-state index is 0.0540. The monoisotopic (exact) mass is 350 g/mol. The predicted molar refractivity (Wildman–Crippen MR) is 94.6 cm³/mol. The van der Waals surface area contributed by atoms with Crippen molar-refractivity contribution in [3.63, 3.8) is 0 Å². The molecule has 2 aromatic rings. The molecule has 0 saturated heterocycles. The Morgan fingerprint density at radius 3 is 2.70 bits per heavy atom. The van der Waals surface area contributed by atoms with Gasteiger partial charge in [0.2, 0.25) is 11.1 Å². The number of rotatable bonds is 7. The third-order valence-corrected chi connectivity index (χ3v) is 4.19. The zero-order valence-electron chi connectivity index (χ0n) is 13.2. The normalized spacial score (nSPS) is 10.6. The Morgan fingerprint density at radius 1 is 1.39 bits per heavy atom. The van der Waals surface area contributed by atoms with Gasteiger partial charge in [0.1, 0.15) is 0 Å². The van der Waals surface area contributed by atoms with Gasteiger partial charge in [-0.25, -0.2) is 4.98 Å². The van der Waals surface area contributed by atoms with Crippen molar-refractivity contribution in [2.24, 2.45) is 0 Å². The second-order valence-electron chi connectivity index (χ2n) is 5.13. The SMILES string of the molecule is C=C(C)CN(CC)C(=O)CSc1n[nH]c(-c2ccc(Cl)cc2)n1. The number of aromatic nitrogens is 3. The predicted octanol–water partition coefficient (Wildman–Crippen LogP) is 3.64. The number of aromatic amines is 1. The van der Waals surface area contributed by atoms with Crippen LogP contribution in [0, 0.1) is 0 Å². The van der Waals surface area contributed by atoms with Crippen LogP contribution in [0.3, 0.4) is 0 Å². The van der Waals surface area contributed by atoms with Crippen LogP contribution >= 0.6 is 23.4 Å². The highest BCUT2D eigenvalue weighted by Crippen LogP contribution is 2.21. The molecule has 0 unspecified atom stereocenters. The van der Waals surface area contributed by atoms with Crippen LogP contribution in [-0.4, -0.2) is 44.8 Å². The molecule has 23 heavy (non-hydrogen) atoms. The maximum absolute atomic E-state index is 12.2. The summed E-state index contributed by atoms with van der Waals surface area (Å²) in [6.45, 7) is 8.96. The summed E-state index contributed by atoms with van der Waals surface area (Å²) < 4.78 is 0. The Balaban J connectivity index is 1.95. The van der Waals surface area contributed by atoms with E-state index in [-0.39, 0.29) is 5.91 Å². The molecular formula is C16H19ClN4OS. The van der Waals surface area contributed by atoms with E-state index in [0.29, 0.717) is 34.8 Å². The van der Waals surface area contributed by atoms with E-state index in [9.17, 15) is 4.79 Å². The first-order valence-corrected chi connectivity index (χ1v) is 8.59. The molecule has 1 amide bonds. The lowest BCUT2D eigenvalue weighted by atomic mass is 10.2. The number of nitrogens with zero attached hydrogens (tertiary/aromatic N) is 3. The summed E-state index contributed by atoms with van der Waals surface area (Å²) in [5, 5.41) is 8.24. The number of amides is 1. The van der Waals surface area contributed by atoms with E-state index in [4.69, 9.17) is 11.6 Å². The zero-order chi connectivity index (χ0) is 16.8. The van der Waals surface area contributed by atoms with Crippen molar-refractivity contribution in [3.8, 4) is 11.4 Å². The molecule has 0 aliphatic heterocycles. The van der Waals surface area contributed by atoms with Crippen LogP contribution in [0.4, 0.5) is 0 Å². The highest BCUT2D eigenvalue weighted by molar-refractivity contribution is 7.99. The van der Waals surface area contributed by atoms with Crippen molar-refractivity contribution in [3.05, 3.63) is 41.4 Å². The lowest BCUT2D eigenvalue weighted by Gasteiger charge is -2.20. The Kier molecular flexibility index (Phi) is 6.24. The van der Waals surface area contributed by atoms with Crippen molar-refractivity contribution in [1.29, 1.82) is 0 Å². The summed E-state index contributed by atoms with van der Waals surface area (Å²) >= 11 is 7.19. The molecule has 0 saturated carbocycles. The standard InChI is InChI=1S/C16H19ClN4OS/c1-4-21(9-11(2)3)14(22)10-23-16-18-15(19-20-16)12-5-7-13(17)8-6-12/h5-8H,2,4,9-10H2,1,3H3,(H,18,19,20). The van der Waals surface area contributed by atoms with Gasteiger partial charge in [-0.15, -0.1) is 5.10 Å². The Morgan fingerprint density at radius 2 is 2.09 bits per heavy atom. The second-order valence-corrected chi connectivity index (χ2v) is 6.51. The molecule has 1 aromatic carbocycles. The van der Waals surface area contributed by atoms with Gasteiger partial charge in [0.05, 0.1) is 5.75 Å². The van der Waals surface area contributed by atoms with E-state index in [1.165, 1.54) is 11.8 Å². The third kappa shape index (κ3) is 5.11. The molecule has 0 radical (unpaired) electrons. The fourth-order valence-corrected chi connectivity index (χ4v) is 2.79. The molecule has 7 heteroatoms. The Hall–Kier alpha value is -1.79. The molecule has 1 N–H and O–H groups in total. The Bertz CT molecular complexity index is 684. The zero-order valence-corrected chi connectivity index (χ0v) is 14.7. The van der Waals surface area contributed by atoms with Crippen molar-refractivity contribution in [2.45, 2.75) is 19.0 Å². The van der Waals surface area contributed by atoms with E-state index in [2.05, 4.69) is 21.8 Å². The van der Waals surface area contributed by atoms with Crippen LogP contribution in [0.2, 0.25) is 5.02 Å². The summed E-state index contributed by atoms with van der Waals surface area (Å²) in [6, 6.07) is 7.33. The summed E-state index contributed by atoms with van der Waals surface area (Å²) in [6.07, 6.45) is 0. The van der Waals surface area contributed by atoms with Crippen LogP contribution in [0.25, 0.3) is 11.4 Å². The fourth-order valence-electron chi connectivity index (χ4n) is 1.97. The molecule has 0 aliphatic rings. The number of hydrogen-bond donors (Lipinski definition) is 1. The number of nitrogens with one attached hydrogen (secondary N) is 1. The third-order valence-electron chi connectivity index (χ3n) is 3.10. The number of halogens is 1. The largest absolute Gasteiger partial charge is 0.338 e. The lowest BCUT2D eigenvalue weighted by Crippen LogP contribution is -2.33. The van der Waals surface area contributed by atoms with Gasteiger partial charge in [-0.1, -0.05) is 35.5 Å². The minimum atomic E-state index is 0.0540. The van der Waals surface area contributed by atoms with Crippen LogP contribution in [0.5, 0.6) is 0 Å². The molecule has 1 aromatic heterocycles. The van der Waals surface area contributed by atoms with Gasteiger partial charge in [-0.05, 0) is 38.1 Å². The van der Waals surface area contributed by atoms with E-state index in [1.54, 1.807) is 17.0 Å². The van der Waals surface area contributed by atoms with Crippen molar-refractivity contribution in [1.82, 2.24) is 20.1 Å². The van der Waals surface area contributed by atoms with Crippen LogP contribution in [-0.2, 0) is 4.79 Å². The maximum atomic E-state index is 12.2. The van der Waals surface area contributed by atoms with Crippen LogP contribution in [0.15, 0.2) is 41.6 Å². The minimum Gasteiger partial charge on any atom is -0.338 e. The van der Waals surface area contributed by atoms with E-state index < -0.39 is 0 Å². The molecule has 2 rings (SSSR count). The second kappa shape index (κ2) is 8.17. The molecule has 1 heterocycles. The first-order chi connectivity index (χ1) is 11.0. The van der Waals surface area contributed by atoms with E-state index in [1.807, 2.05) is 26.0 Å². The smallest absolute Gasteiger partial charge is 0.233 e. The summed E-state index contributed by atoms with van der Waals surface area (Å²) in [5.74, 6) is 1.02. The quantitative estimate of drug-likeness (QED) is 0.611. The number of carbonyl (C=O) groups excluding carboxylic acids is 1. The molecule has 0 bridgehead atoms. The molecule has 0 atom stereocenters. The average molecular weight is 351 g/mol. The van der Waals surface area contributed by atoms with Gasteiger partial charge in [-0.2, -0.15) is 0 Å². The molecule has 5 nitrogen and oxygen atoms in total. The molecular weight excluding hydrogens is 332 g/mol. The van der Waals surface area contributed by atoms with Crippen LogP contribution < -0.4 is 0 Å². The molecule has 0 aliphatic carbocycles. The number of thioether (sulfide) groups is 1. The van der Waals surface area contributed by atoms with Gasteiger partial charge in [0.25, 0.3) is 0 Å². The number of carbonyl (C=O) groups is 1. The fraction of sp³-hybridized carbons (Fsp3) is 0.312. The van der Waals surface area contributed by atoms with Crippen molar-refractivity contribution >= 4 is 29.3 Å². The number of H-pyrrole nitrogens is 1. The Labute approximate surface area is 145 Å². The van der Waals surface area contributed by atoms with E-state index in [0.717, 1.165) is 11.1 Å². The highest BCUT2D eigenvalue weighted by Gasteiger charge is 2.14. The van der Waals surface area contributed by atoms with Crippen LogP contribution in [0.1, 0.15) is 13.8 Å². The van der Waals surface area contributed by atoms with Gasteiger partial charge in [0.15, 0.2) is 5.82 Å². The maximum Gasteiger partial charge on any atom is 0.233 e. The summed E-state index contributed by atoms with van der Waals surface area (Å²) in [5.41, 5.74) is 1.87. The summed E-state index contributed by atoms with van der Waals surface area (Å²) in [4.78, 5) is 18.3. The average Bonchev–Trinajstić information content (AvgIpc) is 2.99. The molecule has 0 fully saturated rings. The van der Waals surface area contributed by atoms with Crippen molar-refractivity contribution in [2.75, 3.05) is 18.8 Å². The number of hydrogen-bond acceptors (Lipinski definition) is 4. The first kappa shape index (κ1) is 17.6. The van der Waals surface area contributed by atoms with Crippen molar-refractivity contribution < 1.29 is 4.79 Å². The number of benzene rings is 1. The van der Waals surface area contributed by atoms with E-state index >= 15 is 0 Å². The topological polar surface area (TPSA) is 61.9 Å². The molecule has 122 valence electrons. The van der Waals surface area contributed by atoms with Gasteiger partial charge < -0.3 is 4.90 Å². The van der Waals surface area contributed by atoms with Gasteiger partial charge in [-0.3, -0.25) is 9.89 Å². The highest BCUT2D eigenvalue weighted by atomic mass is 35.5. The van der Waals surface area contributed by atoms with Gasteiger partial charge in [0, 0.05) is 23.7 Å². The number of likely N-dealkylation sites (N-methyl/N-ethyl adjacent to an activating group) is 1. The first-order valence-electron chi connectivity index (χ1n) is 7.23. The molecule has 0 spiro atoms. The van der Waals surface area contributed by atoms with Gasteiger partial charge >= 0.3 is 0 Å². The summed E-state index contributed by atoms with van der Waals surface area (Å²) in [7, 11) is 0.